The minimum atomic E-state index is 0.0108. The molecule has 3 aliphatic rings. The van der Waals surface area contributed by atoms with E-state index in [9.17, 15) is 0 Å². The lowest BCUT2D eigenvalue weighted by Crippen LogP contribution is -2.27. The lowest BCUT2D eigenvalue weighted by Gasteiger charge is -2.42. The molecule has 15 rings (SSSR count). The van der Waals surface area contributed by atoms with Crippen LogP contribution in [0.3, 0.4) is 0 Å². The first-order chi connectivity index (χ1) is 34.2. The predicted octanol–water partition coefficient (Wildman–Crippen LogP) is 14.6. The van der Waals surface area contributed by atoms with E-state index >= 15 is 0 Å². The second-order valence-corrected chi connectivity index (χ2v) is 17.8. The van der Waals surface area contributed by atoms with Gasteiger partial charge in [0.05, 0.1) is 0 Å². The molecule has 7 heteroatoms. The van der Waals surface area contributed by atoms with Gasteiger partial charge in [0, 0.05) is 56.0 Å². The number of rotatable bonds is 7. The molecule has 0 aliphatic heterocycles. The maximum absolute atomic E-state index is 6.27. The molecule has 69 heavy (non-hydrogen) atoms. The fourth-order valence-corrected chi connectivity index (χ4v) is 10.6. The Morgan fingerprint density at radius 2 is 0.638 bits per heavy atom. The molecular weight excluding hydrogens is 845 g/mol. The molecule has 3 heterocycles. The van der Waals surface area contributed by atoms with Gasteiger partial charge in [-0.1, -0.05) is 188 Å². The maximum Gasteiger partial charge on any atom is 0.164 e. The summed E-state index contributed by atoms with van der Waals surface area (Å²) in [6.07, 6.45) is 0. The van der Waals surface area contributed by atoms with Crippen molar-refractivity contribution in [2.24, 2.45) is 0 Å². The standard InChI is InChI=1S/C62H38N6O/c1-4-16-37(17-5-1)57-63-58(38-18-6-2-7-19-38)66-61(65-57)42-30-32-47-50(35-42)54-45-24-10-11-25-46(45)55(47)51-36-43(31-33-48(51)54)62-67-59(39-20-8-3-9-21-39)64-60(68-62)41-23-14-22-40(34-41)44-27-15-29-53-56(44)49-26-12-13-28-52(49)69-53/h1-36,54-55H. The van der Waals surface area contributed by atoms with Crippen molar-refractivity contribution in [2.75, 3.05) is 0 Å². The zero-order valence-corrected chi connectivity index (χ0v) is 37.0. The molecule has 0 fully saturated rings. The van der Waals surface area contributed by atoms with Crippen molar-refractivity contribution in [1.29, 1.82) is 0 Å². The van der Waals surface area contributed by atoms with E-state index < -0.39 is 0 Å². The van der Waals surface area contributed by atoms with Crippen LogP contribution in [0.5, 0.6) is 0 Å². The van der Waals surface area contributed by atoms with Crippen LogP contribution >= 0.6 is 0 Å². The molecule has 3 aliphatic carbocycles. The second kappa shape index (κ2) is 15.7. The van der Waals surface area contributed by atoms with Crippen LogP contribution < -0.4 is 0 Å². The number of furan rings is 1. The minimum Gasteiger partial charge on any atom is -0.456 e. The summed E-state index contributed by atoms with van der Waals surface area (Å²) in [6.45, 7) is 0. The number of para-hydroxylation sites is 1. The van der Waals surface area contributed by atoms with Crippen molar-refractivity contribution in [2.45, 2.75) is 11.8 Å². The van der Waals surface area contributed by atoms with Crippen molar-refractivity contribution in [3.05, 3.63) is 252 Å². The zero-order valence-electron chi connectivity index (χ0n) is 37.0. The van der Waals surface area contributed by atoms with Gasteiger partial charge in [-0.2, -0.15) is 0 Å². The molecule has 322 valence electrons. The molecule has 0 saturated heterocycles. The summed E-state index contributed by atoms with van der Waals surface area (Å²) in [6, 6.07) is 75.9. The number of fused-ring (bicyclic) bond motifs is 3. The Labute approximate surface area is 397 Å². The minimum absolute atomic E-state index is 0.0108. The van der Waals surface area contributed by atoms with Crippen LogP contribution in [-0.4, -0.2) is 29.9 Å². The van der Waals surface area contributed by atoms with Crippen LogP contribution in [0.1, 0.15) is 45.2 Å². The Balaban J connectivity index is 0.886. The molecule has 2 atom stereocenters. The molecule has 3 aromatic heterocycles. The lowest BCUT2D eigenvalue weighted by atomic mass is 9.61. The average molecular weight is 883 g/mol. The Kier molecular flexibility index (Phi) is 8.89. The number of nitrogens with zero attached hydrogens (tertiary/aromatic N) is 6. The summed E-state index contributed by atoms with van der Waals surface area (Å²) in [7, 11) is 0. The van der Waals surface area contributed by atoms with Gasteiger partial charge in [0.15, 0.2) is 34.9 Å². The molecular formula is C62H38N6O. The highest BCUT2D eigenvalue weighted by Gasteiger charge is 2.41. The van der Waals surface area contributed by atoms with Crippen molar-refractivity contribution in [1.82, 2.24) is 29.9 Å². The first-order valence-corrected chi connectivity index (χ1v) is 23.3. The van der Waals surface area contributed by atoms with E-state index in [1.807, 2.05) is 97.1 Å². The number of hydrogen-bond acceptors (Lipinski definition) is 7. The van der Waals surface area contributed by atoms with Gasteiger partial charge in [0.2, 0.25) is 0 Å². The Morgan fingerprint density at radius 1 is 0.261 bits per heavy atom. The van der Waals surface area contributed by atoms with Gasteiger partial charge in [-0.25, -0.2) is 29.9 Å². The fraction of sp³-hybridized carbons (Fsp3) is 0.0323. The Morgan fingerprint density at radius 3 is 1.16 bits per heavy atom. The first kappa shape index (κ1) is 39.0. The third-order valence-corrected chi connectivity index (χ3v) is 13.8. The highest BCUT2D eigenvalue weighted by Crippen LogP contribution is 2.56. The van der Waals surface area contributed by atoms with Crippen LogP contribution in [0, 0.1) is 0 Å². The number of benzene rings is 9. The molecule has 0 spiro atoms. The van der Waals surface area contributed by atoms with Crippen molar-refractivity contribution in [3.63, 3.8) is 0 Å². The van der Waals surface area contributed by atoms with Gasteiger partial charge < -0.3 is 4.42 Å². The molecule has 2 bridgehead atoms. The normalized spacial score (nSPS) is 14.4. The SMILES string of the molecule is c1ccc(-c2nc(-c3ccccc3)nc(-c3ccc4c(c3)C3c5ccccc5C4c4cc(-c5nc(-c6ccccc6)nc(-c6cccc(-c7cccc8oc9ccccc9c78)c6)n5)ccc43)n2)cc1. The summed E-state index contributed by atoms with van der Waals surface area (Å²) in [5.74, 6) is 3.82. The van der Waals surface area contributed by atoms with Gasteiger partial charge >= 0.3 is 0 Å². The summed E-state index contributed by atoms with van der Waals surface area (Å²) >= 11 is 0. The fourth-order valence-electron chi connectivity index (χ4n) is 10.6. The molecule has 0 N–H and O–H groups in total. The van der Waals surface area contributed by atoms with Crippen LogP contribution in [0.2, 0.25) is 0 Å². The van der Waals surface area contributed by atoms with E-state index in [2.05, 4.69) is 121 Å². The van der Waals surface area contributed by atoms with Gasteiger partial charge in [-0.05, 0) is 74.8 Å². The summed E-state index contributed by atoms with van der Waals surface area (Å²) < 4.78 is 6.27. The second-order valence-electron chi connectivity index (χ2n) is 17.8. The molecule has 0 saturated carbocycles. The molecule has 0 amide bonds. The highest BCUT2D eigenvalue weighted by molar-refractivity contribution is 6.12. The van der Waals surface area contributed by atoms with E-state index in [0.717, 1.165) is 66.4 Å². The Hall–Kier alpha value is -9.20. The third-order valence-electron chi connectivity index (χ3n) is 13.8. The highest BCUT2D eigenvalue weighted by atomic mass is 16.3. The summed E-state index contributed by atoms with van der Waals surface area (Å²) in [5, 5.41) is 2.18. The lowest BCUT2D eigenvalue weighted by molar-refractivity contribution is 0.669. The van der Waals surface area contributed by atoms with E-state index in [1.165, 1.54) is 33.4 Å². The topological polar surface area (TPSA) is 90.5 Å². The van der Waals surface area contributed by atoms with Crippen LogP contribution in [0.4, 0.5) is 0 Å². The average Bonchev–Trinajstić information content (AvgIpc) is 3.82. The van der Waals surface area contributed by atoms with Gasteiger partial charge in [-0.15, -0.1) is 0 Å². The van der Waals surface area contributed by atoms with E-state index in [4.69, 9.17) is 34.3 Å². The third kappa shape index (κ3) is 6.50. The monoisotopic (exact) mass is 882 g/mol. The largest absolute Gasteiger partial charge is 0.456 e. The number of hydrogen-bond donors (Lipinski definition) is 0. The van der Waals surface area contributed by atoms with E-state index in [1.54, 1.807) is 0 Å². The van der Waals surface area contributed by atoms with Crippen molar-refractivity contribution >= 4 is 21.9 Å². The predicted molar refractivity (Wildman–Crippen MR) is 273 cm³/mol. The molecule has 12 aromatic rings. The van der Waals surface area contributed by atoms with Gasteiger partial charge in [0.25, 0.3) is 0 Å². The quantitative estimate of drug-likeness (QED) is 0.157. The Bertz CT molecular complexity index is 3920. The number of aromatic nitrogens is 6. The summed E-state index contributed by atoms with van der Waals surface area (Å²) in [4.78, 5) is 30.8. The molecule has 9 aromatic carbocycles. The van der Waals surface area contributed by atoms with E-state index in [-0.39, 0.29) is 11.8 Å². The van der Waals surface area contributed by atoms with Gasteiger partial charge in [-0.3, -0.25) is 0 Å². The van der Waals surface area contributed by atoms with Crippen molar-refractivity contribution < 1.29 is 4.42 Å². The molecule has 2 unspecified atom stereocenters. The van der Waals surface area contributed by atoms with Crippen LogP contribution in [-0.2, 0) is 0 Å². The maximum atomic E-state index is 6.27. The molecule has 7 nitrogen and oxygen atoms in total. The van der Waals surface area contributed by atoms with E-state index in [0.29, 0.717) is 34.9 Å². The smallest absolute Gasteiger partial charge is 0.164 e. The van der Waals surface area contributed by atoms with Crippen LogP contribution in [0.25, 0.3) is 101 Å². The van der Waals surface area contributed by atoms with Crippen molar-refractivity contribution in [3.8, 4) is 79.5 Å². The first-order valence-electron chi connectivity index (χ1n) is 23.3. The molecule has 0 radical (unpaired) electrons. The zero-order chi connectivity index (χ0) is 45.4. The van der Waals surface area contributed by atoms with Crippen LogP contribution in [0.15, 0.2) is 223 Å². The van der Waals surface area contributed by atoms with Gasteiger partial charge in [0.1, 0.15) is 11.2 Å². The summed E-state index contributed by atoms with van der Waals surface area (Å²) in [5.41, 5.74) is 17.2.